The SMILES string of the molecule is CCOC(=O)CN[C@@H](C(=O)N1CCC[C@H]1C(=O)NCc1ccc(/C(N)=N/O)s1)C(c1ccccc1)c1ccccc1. The highest BCUT2D eigenvalue weighted by molar-refractivity contribution is 7.14. The third-order valence-corrected chi connectivity index (χ3v) is 8.09. The summed E-state index contributed by atoms with van der Waals surface area (Å²) in [6.07, 6.45) is 1.21. The smallest absolute Gasteiger partial charge is 0.319 e. The molecule has 11 heteroatoms. The second-order valence-electron chi connectivity index (χ2n) is 9.62. The van der Waals surface area contributed by atoms with Crippen molar-refractivity contribution < 1.29 is 24.3 Å². The highest BCUT2D eigenvalue weighted by Crippen LogP contribution is 2.31. The van der Waals surface area contributed by atoms with E-state index in [-0.39, 0.29) is 37.3 Å². The molecule has 0 bridgehead atoms. The molecule has 0 aliphatic carbocycles. The number of benzene rings is 2. The number of nitrogens with one attached hydrogen (secondary N) is 2. The van der Waals surface area contributed by atoms with Crippen LogP contribution >= 0.6 is 11.3 Å². The first-order chi connectivity index (χ1) is 19.9. The number of rotatable bonds is 12. The van der Waals surface area contributed by atoms with E-state index in [1.165, 1.54) is 11.3 Å². The molecular formula is C30H35N5O5S. The lowest BCUT2D eigenvalue weighted by Gasteiger charge is -2.33. The van der Waals surface area contributed by atoms with E-state index in [9.17, 15) is 14.4 Å². The van der Waals surface area contributed by atoms with Crippen molar-refractivity contribution in [3.05, 3.63) is 93.7 Å². The third-order valence-electron chi connectivity index (χ3n) is 6.99. The molecule has 1 aliphatic rings. The zero-order valence-corrected chi connectivity index (χ0v) is 23.7. The summed E-state index contributed by atoms with van der Waals surface area (Å²) in [6.45, 7) is 2.50. The number of amides is 2. The minimum atomic E-state index is -0.821. The van der Waals surface area contributed by atoms with Gasteiger partial charge in [0.25, 0.3) is 0 Å². The Morgan fingerprint density at radius 1 is 1.07 bits per heavy atom. The van der Waals surface area contributed by atoms with Crippen molar-refractivity contribution in [3.8, 4) is 0 Å². The minimum absolute atomic E-state index is 0.00730. The third kappa shape index (κ3) is 7.50. The number of thiophene rings is 1. The van der Waals surface area contributed by atoms with Crippen LogP contribution in [0, 0.1) is 0 Å². The minimum Gasteiger partial charge on any atom is -0.465 e. The fraction of sp³-hybridized carbons (Fsp3) is 0.333. The standard InChI is InChI=1S/C30H35N5O5S/c1-2-40-25(36)19-32-27(26(20-10-5-3-6-11-20)21-12-7-4-8-13-21)30(38)35-17-9-14-23(35)29(37)33-18-22-15-16-24(41-22)28(31)34-39/h3-8,10-13,15-16,23,26-27,32,39H,2,9,14,17-19H2,1H3,(H2,31,34)(H,33,37)/t23-,27+/m0/s1. The summed E-state index contributed by atoms with van der Waals surface area (Å²) in [7, 11) is 0. The fourth-order valence-corrected chi connectivity index (χ4v) is 5.93. The molecule has 2 aromatic carbocycles. The number of amidine groups is 1. The Labute approximate surface area is 243 Å². The molecule has 1 fully saturated rings. The highest BCUT2D eigenvalue weighted by atomic mass is 32.1. The van der Waals surface area contributed by atoms with Gasteiger partial charge in [-0.2, -0.15) is 0 Å². The van der Waals surface area contributed by atoms with Crippen LogP contribution in [0.1, 0.15) is 46.6 Å². The van der Waals surface area contributed by atoms with E-state index in [2.05, 4.69) is 15.8 Å². The average molecular weight is 578 g/mol. The summed E-state index contributed by atoms with van der Waals surface area (Å²) in [4.78, 5) is 43.0. The van der Waals surface area contributed by atoms with Crippen LogP contribution < -0.4 is 16.4 Å². The molecule has 1 saturated heterocycles. The number of ether oxygens (including phenoxy) is 1. The largest absolute Gasteiger partial charge is 0.465 e. The molecule has 5 N–H and O–H groups in total. The normalized spacial score (nSPS) is 16.0. The van der Waals surface area contributed by atoms with Gasteiger partial charge < -0.3 is 25.9 Å². The number of carbonyl (C=O) groups excluding carboxylic acids is 3. The van der Waals surface area contributed by atoms with E-state index in [0.717, 1.165) is 16.0 Å². The fourth-order valence-electron chi connectivity index (χ4n) is 5.08. The molecular weight excluding hydrogens is 542 g/mol. The highest BCUT2D eigenvalue weighted by Gasteiger charge is 2.40. The number of esters is 1. The van der Waals surface area contributed by atoms with Gasteiger partial charge in [0.1, 0.15) is 6.04 Å². The van der Waals surface area contributed by atoms with Gasteiger partial charge >= 0.3 is 5.97 Å². The number of nitrogens with two attached hydrogens (primary N) is 1. The van der Waals surface area contributed by atoms with Crippen LogP contribution in [0.25, 0.3) is 0 Å². The maximum atomic E-state index is 14.3. The van der Waals surface area contributed by atoms with E-state index < -0.39 is 24.0 Å². The van der Waals surface area contributed by atoms with E-state index in [1.807, 2.05) is 60.7 Å². The van der Waals surface area contributed by atoms with E-state index in [1.54, 1.807) is 24.0 Å². The topological polar surface area (TPSA) is 146 Å². The van der Waals surface area contributed by atoms with Crippen molar-refractivity contribution in [2.75, 3.05) is 19.7 Å². The summed E-state index contributed by atoms with van der Waals surface area (Å²) < 4.78 is 5.13. The quantitative estimate of drug-likeness (QED) is 0.0851. The molecule has 2 heterocycles. The van der Waals surface area contributed by atoms with Crippen molar-refractivity contribution in [2.24, 2.45) is 10.9 Å². The molecule has 41 heavy (non-hydrogen) atoms. The Hall–Kier alpha value is -4.22. The molecule has 10 nitrogen and oxygen atoms in total. The van der Waals surface area contributed by atoms with E-state index in [4.69, 9.17) is 15.7 Å². The summed E-state index contributed by atoms with van der Waals surface area (Å²) in [6, 6.07) is 21.4. The van der Waals surface area contributed by atoms with Crippen LogP contribution in [0.2, 0.25) is 0 Å². The Morgan fingerprint density at radius 3 is 2.34 bits per heavy atom. The Bertz CT molecular complexity index is 1310. The van der Waals surface area contributed by atoms with Gasteiger partial charge in [0.05, 0.1) is 30.6 Å². The van der Waals surface area contributed by atoms with Gasteiger partial charge in [-0.1, -0.05) is 65.8 Å². The van der Waals surface area contributed by atoms with Gasteiger partial charge in [-0.15, -0.1) is 11.3 Å². The molecule has 216 valence electrons. The molecule has 1 aromatic heterocycles. The molecule has 0 radical (unpaired) electrons. The first-order valence-corrected chi connectivity index (χ1v) is 14.4. The van der Waals surface area contributed by atoms with E-state index in [0.29, 0.717) is 24.3 Å². The molecule has 2 amide bonds. The first-order valence-electron chi connectivity index (χ1n) is 13.6. The van der Waals surface area contributed by atoms with Crippen LogP contribution in [0.4, 0.5) is 0 Å². The van der Waals surface area contributed by atoms with Crippen molar-refractivity contribution in [3.63, 3.8) is 0 Å². The molecule has 0 unspecified atom stereocenters. The predicted octanol–water partition coefficient (Wildman–Crippen LogP) is 2.80. The zero-order valence-electron chi connectivity index (χ0n) is 22.9. The van der Waals surface area contributed by atoms with Gasteiger partial charge in [-0.25, -0.2) is 0 Å². The summed E-state index contributed by atoms with van der Waals surface area (Å²) in [5, 5.41) is 18.0. The first kappa shape index (κ1) is 29.8. The molecule has 1 aliphatic heterocycles. The van der Waals surface area contributed by atoms with Crippen molar-refractivity contribution in [1.82, 2.24) is 15.5 Å². The number of carbonyl (C=O) groups is 3. The average Bonchev–Trinajstić information content (AvgIpc) is 3.69. The molecule has 0 spiro atoms. The second-order valence-corrected chi connectivity index (χ2v) is 10.8. The zero-order chi connectivity index (χ0) is 29.2. The predicted molar refractivity (Wildman–Crippen MR) is 157 cm³/mol. The van der Waals surface area contributed by atoms with Crippen LogP contribution in [-0.2, 0) is 25.7 Å². The Balaban J connectivity index is 1.57. The number of oxime groups is 1. The monoisotopic (exact) mass is 577 g/mol. The second kappa shape index (κ2) is 14.4. The van der Waals surface area contributed by atoms with Crippen LogP contribution in [0.15, 0.2) is 78.0 Å². The molecule has 2 atom stereocenters. The van der Waals surface area contributed by atoms with Gasteiger partial charge in [-0.05, 0) is 43.0 Å². The van der Waals surface area contributed by atoms with Crippen LogP contribution in [0.5, 0.6) is 0 Å². The number of nitrogens with zero attached hydrogens (tertiary/aromatic N) is 2. The summed E-state index contributed by atoms with van der Waals surface area (Å²) >= 11 is 1.31. The lowest BCUT2D eigenvalue weighted by atomic mass is 9.84. The maximum absolute atomic E-state index is 14.3. The molecule has 0 saturated carbocycles. The van der Waals surface area contributed by atoms with Crippen molar-refractivity contribution in [1.29, 1.82) is 0 Å². The maximum Gasteiger partial charge on any atom is 0.319 e. The molecule has 3 aromatic rings. The number of hydrogen-bond acceptors (Lipinski definition) is 8. The lowest BCUT2D eigenvalue weighted by Crippen LogP contribution is -2.55. The Kier molecular flexibility index (Phi) is 10.5. The van der Waals surface area contributed by atoms with Crippen molar-refractivity contribution >= 4 is 35.0 Å². The van der Waals surface area contributed by atoms with Crippen molar-refractivity contribution in [2.45, 2.75) is 44.3 Å². The van der Waals surface area contributed by atoms with Gasteiger partial charge in [-0.3, -0.25) is 19.7 Å². The summed E-state index contributed by atoms with van der Waals surface area (Å²) in [5.41, 5.74) is 7.48. The van der Waals surface area contributed by atoms with Gasteiger partial charge in [0.15, 0.2) is 5.84 Å². The van der Waals surface area contributed by atoms with Gasteiger partial charge in [0, 0.05) is 17.3 Å². The lowest BCUT2D eigenvalue weighted by molar-refractivity contribution is -0.143. The Morgan fingerprint density at radius 2 is 1.73 bits per heavy atom. The molecule has 4 rings (SSSR count). The van der Waals surface area contributed by atoms with Crippen LogP contribution in [-0.4, -0.2) is 65.5 Å². The van der Waals surface area contributed by atoms with Crippen LogP contribution in [0.3, 0.4) is 0 Å². The van der Waals surface area contributed by atoms with Gasteiger partial charge in [0.2, 0.25) is 11.8 Å². The number of hydrogen-bond donors (Lipinski definition) is 4. The van der Waals surface area contributed by atoms with E-state index >= 15 is 0 Å². The summed E-state index contributed by atoms with van der Waals surface area (Å²) in [5.74, 6) is -1.37. The number of likely N-dealkylation sites (tertiary alicyclic amines) is 1.